The van der Waals surface area contributed by atoms with Gasteiger partial charge in [-0.3, -0.25) is 0 Å². The number of allylic oxidation sites excluding steroid dienone is 2. The zero-order valence-electron chi connectivity index (χ0n) is 9.23. The molecule has 3 nitrogen and oxygen atoms in total. The first-order chi connectivity index (χ1) is 8.40. The van der Waals surface area contributed by atoms with Crippen LogP contribution in [0.4, 0.5) is 0 Å². The Morgan fingerprint density at radius 2 is 1.83 bits per heavy atom. The zero-order chi connectivity index (χ0) is 13.3. The van der Waals surface area contributed by atoms with Gasteiger partial charge in [0.2, 0.25) is 0 Å². The number of carbonyl (C=O) groups is 1. The highest BCUT2D eigenvalue weighted by Gasteiger charge is 2.33. The number of aliphatic hydroxyl groups is 1. The van der Waals surface area contributed by atoms with Crippen molar-refractivity contribution >= 4 is 34.7 Å². The predicted molar refractivity (Wildman–Crippen MR) is 70.8 cm³/mol. The van der Waals surface area contributed by atoms with Gasteiger partial charge in [-0.1, -0.05) is 35.4 Å². The van der Waals surface area contributed by atoms with Crippen LogP contribution in [0.1, 0.15) is 12.0 Å². The minimum atomic E-state index is -1.83. The first-order valence-electron chi connectivity index (χ1n) is 5.22. The molecule has 1 atom stereocenters. The second-order valence-electron chi connectivity index (χ2n) is 4.08. The van der Waals surface area contributed by atoms with Crippen molar-refractivity contribution in [3.05, 3.63) is 52.0 Å². The van der Waals surface area contributed by atoms with E-state index in [1.165, 1.54) is 6.08 Å². The highest BCUT2D eigenvalue weighted by atomic mass is 35.5. The molecule has 1 aliphatic rings. The van der Waals surface area contributed by atoms with E-state index in [0.717, 1.165) is 11.1 Å². The molecule has 0 radical (unpaired) electrons. The van der Waals surface area contributed by atoms with E-state index in [2.05, 4.69) is 0 Å². The van der Waals surface area contributed by atoms with Crippen molar-refractivity contribution in [2.45, 2.75) is 12.0 Å². The molecular formula is C13H10Cl2O3. The Balaban J connectivity index is 2.31. The Kier molecular flexibility index (Phi) is 3.48. The average molecular weight is 285 g/mol. The molecule has 0 heterocycles. The van der Waals surface area contributed by atoms with Gasteiger partial charge >= 0.3 is 5.97 Å². The van der Waals surface area contributed by atoms with Gasteiger partial charge in [-0.25, -0.2) is 4.79 Å². The lowest BCUT2D eigenvalue weighted by Crippen LogP contribution is -2.36. The molecule has 0 saturated carbocycles. The van der Waals surface area contributed by atoms with Crippen LogP contribution in [-0.4, -0.2) is 21.8 Å². The minimum Gasteiger partial charge on any atom is -0.479 e. The van der Waals surface area contributed by atoms with Gasteiger partial charge in [0.1, 0.15) is 0 Å². The van der Waals surface area contributed by atoms with Crippen LogP contribution in [0.25, 0.3) is 5.57 Å². The topological polar surface area (TPSA) is 57.5 Å². The molecule has 18 heavy (non-hydrogen) atoms. The summed E-state index contributed by atoms with van der Waals surface area (Å²) < 4.78 is 0. The monoisotopic (exact) mass is 284 g/mol. The first kappa shape index (κ1) is 13.1. The predicted octanol–water partition coefficient (Wildman–Crippen LogP) is 3.15. The minimum absolute atomic E-state index is 0.0122. The normalized spacial score (nSPS) is 22.7. The highest BCUT2D eigenvalue weighted by Crippen LogP contribution is 2.30. The number of carboxylic acids is 1. The third kappa shape index (κ3) is 2.58. The molecule has 0 amide bonds. The van der Waals surface area contributed by atoms with Crippen molar-refractivity contribution in [3.8, 4) is 0 Å². The smallest absolute Gasteiger partial charge is 0.340 e. The molecule has 1 aliphatic carbocycles. The Bertz CT molecular complexity index is 543. The molecule has 94 valence electrons. The van der Waals surface area contributed by atoms with Crippen molar-refractivity contribution in [1.29, 1.82) is 0 Å². The van der Waals surface area contributed by atoms with Crippen molar-refractivity contribution in [3.63, 3.8) is 0 Å². The molecule has 1 aromatic carbocycles. The maximum atomic E-state index is 10.9. The van der Waals surface area contributed by atoms with E-state index < -0.39 is 11.6 Å². The SMILES string of the molecule is O=C(O)C1(O)C=CC(c2cc(Cl)cc(Cl)c2)=CC1. The van der Waals surface area contributed by atoms with Crippen molar-refractivity contribution in [1.82, 2.24) is 0 Å². The van der Waals surface area contributed by atoms with E-state index in [0.29, 0.717) is 10.0 Å². The molecule has 0 saturated heterocycles. The Morgan fingerprint density at radius 3 is 2.28 bits per heavy atom. The molecule has 0 aromatic heterocycles. The van der Waals surface area contributed by atoms with Gasteiger partial charge in [0, 0.05) is 16.5 Å². The number of aliphatic carboxylic acids is 1. The summed E-state index contributed by atoms with van der Waals surface area (Å²) in [6, 6.07) is 5.08. The third-order valence-electron chi connectivity index (χ3n) is 2.74. The fraction of sp³-hybridized carbons (Fsp3) is 0.154. The van der Waals surface area contributed by atoms with Gasteiger partial charge < -0.3 is 10.2 Å². The number of halogens is 2. The Hall–Kier alpha value is -1.29. The highest BCUT2D eigenvalue weighted by molar-refractivity contribution is 6.34. The van der Waals surface area contributed by atoms with Gasteiger partial charge in [-0.05, 0) is 35.4 Å². The van der Waals surface area contributed by atoms with E-state index in [9.17, 15) is 9.90 Å². The van der Waals surface area contributed by atoms with Crippen LogP contribution in [0.3, 0.4) is 0 Å². The third-order valence-corrected chi connectivity index (χ3v) is 3.17. The molecule has 2 N–H and O–H groups in total. The van der Waals surface area contributed by atoms with Crippen LogP contribution in [0, 0.1) is 0 Å². The summed E-state index contributed by atoms with van der Waals surface area (Å²) in [5.74, 6) is -1.27. The Labute approximate surface area is 114 Å². The fourth-order valence-electron chi connectivity index (χ4n) is 1.72. The van der Waals surface area contributed by atoms with Crippen molar-refractivity contribution in [2.75, 3.05) is 0 Å². The first-order valence-corrected chi connectivity index (χ1v) is 5.98. The molecule has 0 fully saturated rings. The quantitative estimate of drug-likeness (QED) is 0.877. The van der Waals surface area contributed by atoms with E-state index in [-0.39, 0.29) is 6.42 Å². The van der Waals surface area contributed by atoms with E-state index in [4.69, 9.17) is 28.3 Å². The number of hydrogen-bond donors (Lipinski definition) is 2. The Morgan fingerprint density at radius 1 is 1.22 bits per heavy atom. The van der Waals surface area contributed by atoms with Crippen LogP contribution in [0.15, 0.2) is 36.4 Å². The molecule has 0 bridgehead atoms. The van der Waals surface area contributed by atoms with Crippen molar-refractivity contribution in [2.24, 2.45) is 0 Å². The number of hydrogen-bond acceptors (Lipinski definition) is 2. The van der Waals surface area contributed by atoms with Crippen LogP contribution >= 0.6 is 23.2 Å². The lowest BCUT2D eigenvalue weighted by atomic mass is 9.90. The molecule has 0 spiro atoms. The number of benzene rings is 1. The van der Waals surface area contributed by atoms with Gasteiger partial charge in [-0.2, -0.15) is 0 Å². The van der Waals surface area contributed by atoms with Gasteiger partial charge in [0.05, 0.1) is 0 Å². The molecular weight excluding hydrogens is 275 g/mol. The summed E-state index contributed by atoms with van der Waals surface area (Å²) in [4.78, 5) is 10.9. The van der Waals surface area contributed by atoms with Gasteiger partial charge in [-0.15, -0.1) is 0 Å². The number of rotatable bonds is 2. The van der Waals surface area contributed by atoms with Crippen LogP contribution < -0.4 is 0 Å². The summed E-state index contributed by atoms with van der Waals surface area (Å²) in [5, 5.41) is 19.6. The summed E-state index contributed by atoms with van der Waals surface area (Å²) in [7, 11) is 0. The standard InChI is InChI=1S/C13H10Cl2O3/c14-10-5-9(6-11(15)7-10)8-1-3-13(18,4-2-8)12(16)17/h1-3,5-7,18H,4H2,(H,16,17). The van der Waals surface area contributed by atoms with E-state index in [1.54, 1.807) is 30.4 Å². The van der Waals surface area contributed by atoms with Gasteiger partial charge in [0.25, 0.3) is 0 Å². The number of carboxylic acid groups (broad SMARTS) is 1. The van der Waals surface area contributed by atoms with Crippen LogP contribution in [0.2, 0.25) is 10.0 Å². The van der Waals surface area contributed by atoms with Crippen LogP contribution in [0.5, 0.6) is 0 Å². The molecule has 1 unspecified atom stereocenters. The van der Waals surface area contributed by atoms with Gasteiger partial charge in [0.15, 0.2) is 5.60 Å². The lowest BCUT2D eigenvalue weighted by Gasteiger charge is -2.21. The van der Waals surface area contributed by atoms with E-state index in [1.807, 2.05) is 0 Å². The maximum Gasteiger partial charge on any atom is 0.340 e. The van der Waals surface area contributed by atoms with Crippen molar-refractivity contribution < 1.29 is 15.0 Å². The fourth-order valence-corrected chi connectivity index (χ4v) is 2.25. The lowest BCUT2D eigenvalue weighted by molar-refractivity contribution is -0.153. The largest absolute Gasteiger partial charge is 0.479 e. The summed E-state index contributed by atoms with van der Waals surface area (Å²) in [6.07, 6.45) is 4.48. The second-order valence-corrected chi connectivity index (χ2v) is 4.96. The summed E-state index contributed by atoms with van der Waals surface area (Å²) in [6.45, 7) is 0. The molecule has 2 rings (SSSR count). The zero-order valence-corrected chi connectivity index (χ0v) is 10.7. The maximum absolute atomic E-state index is 10.9. The summed E-state index contributed by atoms with van der Waals surface area (Å²) in [5.41, 5.74) is -0.257. The molecule has 5 heteroatoms. The van der Waals surface area contributed by atoms with Crippen LogP contribution in [-0.2, 0) is 4.79 Å². The molecule has 1 aromatic rings. The molecule has 0 aliphatic heterocycles. The summed E-state index contributed by atoms with van der Waals surface area (Å²) >= 11 is 11.8. The average Bonchev–Trinajstić information content (AvgIpc) is 2.28. The second kappa shape index (κ2) is 4.76. The van der Waals surface area contributed by atoms with E-state index >= 15 is 0 Å².